The molecule has 0 heterocycles. The standard InChI is InChI=1S/C10H7F2IO4/c11-10(12,9(15)16)5-17-8(14)6-3-1-2-4-7(6)13/h1-4H,5H2,(H,15,16)/p-1. The summed E-state index contributed by atoms with van der Waals surface area (Å²) in [5.41, 5.74) is 0.0993. The Morgan fingerprint density at radius 1 is 1.35 bits per heavy atom. The molecule has 1 aromatic rings. The van der Waals surface area contributed by atoms with E-state index in [9.17, 15) is 23.5 Å². The Hall–Kier alpha value is -1.25. The quantitative estimate of drug-likeness (QED) is 0.593. The van der Waals surface area contributed by atoms with E-state index < -0.39 is 24.5 Å². The van der Waals surface area contributed by atoms with Crippen LogP contribution in [0.25, 0.3) is 0 Å². The van der Waals surface area contributed by atoms with Crippen LogP contribution in [0.5, 0.6) is 0 Å². The number of carbonyl (C=O) groups excluding carboxylic acids is 2. The van der Waals surface area contributed by atoms with Gasteiger partial charge in [-0.05, 0) is 34.7 Å². The molecule has 0 N–H and O–H groups in total. The third-order valence-corrected chi connectivity index (χ3v) is 2.72. The van der Waals surface area contributed by atoms with Gasteiger partial charge in [-0.3, -0.25) is 0 Å². The Bertz CT molecular complexity index is 448. The van der Waals surface area contributed by atoms with E-state index in [2.05, 4.69) is 4.74 Å². The van der Waals surface area contributed by atoms with E-state index in [1.54, 1.807) is 12.1 Å². The molecule has 0 aliphatic carbocycles. The maximum Gasteiger partial charge on any atom is 0.339 e. The lowest BCUT2D eigenvalue weighted by Gasteiger charge is -2.16. The normalized spacial score (nSPS) is 11.0. The number of esters is 1. The second-order valence-corrected chi connectivity index (χ2v) is 4.21. The molecule has 1 aromatic carbocycles. The van der Waals surface area contributed by atoms with Crippen LogP contribution in [0.3, 0.4) is 0 Å². The summed E-state index contributed by atoms with van der Waals surface area (Å²) in [6.07, 6.45) is 0. The van der Waals surface area contributed by atoms with E-state index in [1.165, 1.54) is 12.1 Å². The van der Waals surface area contributed by atoms with E-state index in [1.807, 2.05) is 22.6 Å². The Balaban J connectivity index is 2.69. The summed E-state index contributed by atoms with van der Waals surface area (Å²) in [5.74, 6) is -7.76. The van der Waals surface area contributed by atoms with Crippen LogP contribution in [0.15, 0.2) is 24.3 Å². The number of benzene rings is 1. The van der Waals surface area contributed by atoms with Gasteiger partial charge in [0.2, 0.25) is 0 Å². The van der Waals surface area contributed by atoms with Gasteiger partial charge in [-0.25, -0.2) is 4.79 Å². The van der Waals surface area contributed by atoms with E-state index in [-0.39, 0.29) is 5.56 Å². The molecule has 0 spiro atoms. The Morgan fingerprint density at radius 2 is 1.94 bits per heavy atom. The number of carbonyl (C=O) groups is 2. The Kier molecular flexibility index (Phi) is 4.38. The summed E-state index contributed by atoms with van der Waals surface area (Å²) in [5, 5.41) is 9.98. The first kappa shape index (κ1) is 13.8. The molecule has 1 rings (SSSR count). The molecular formula is C10H6F2IO4-. The SMILES string of the molecule is O=C(OCC(F)(F)C(=O)[O-])c1ccccc1I. The van der Waals surface area contributed by atoms with Gasteiger partial charge >= 0.3 is 11.9 Å². The molecule has 7 heteroatoms. The van der Waals surface area contributed by atoms with E-state index in [0.717, 1.165) is 0 Å². The van der Waals surface area contributed by atoms with Crippen molar-refractivity contribution < 1.29 is 28.2 Å². The number of ether oxygens (including phenoxy) is 1. The monoisotopic (exact) mass is 355 g/mol. The highest BCUT2D eigenvalue weighted by Gasteiger charge is 2.33. The molecule has 0 aliphatic heterocycles. The summed E-state index contributed by atoms with van der Waals surface area (Å²) < 4.78 is 29.9. The maximum absolute atomic E-state index is 12.6. The van der Waals surface area contributed by atoms with Crippen LogP contribution >= 0.6 is 22.6 Å². The number of carboxylic acid groups (broad SMARTS) is 1. The van der Waals surface area contributed by atoms with Crippen molar-refractivity contribution in [1.29, 1.82) is 0 Å². The first-order valence-corrected chi connectivity index (χ1v) is 5.43. The average Bonchev–Trinajstić information content (AvgIpc) is 2.26. The van der Waals surface area contributed by atoms with Gasteiger partial charge in [0.05, 0.1) is 5.56 Å². The van der Waals surface area contributed by atoms with E-state index in [4.69, 9.17) is 0 Å². The minimum Gasteiger partial charge on any atom is -0.544 e. The van der Waals surface area contributed by atoms with Crippen LogP contribution in [-0.2, 0) is 9.53 Å². The predicted octanol–water partition coefficient (Wildman–Crippen LogP) is 0.833. The highest BCUT2D eigenvalue weighted by atomic mass is 127. The van der Waals surface area contributed by atoms with E-state index >= 15 is 0 Å². The number of halogens is 3. The molecule has 4 nitrogen and oxygen atoms in total. The lowest BCUT2D eigenvalue weighted by Crippen LogP contribution is -2.45. The second kappa shape index (κ2) is 5.39. The maximum atomic E-state index is 12.6. The highest BCUT2D eigenvalue weighted by molar-refractivity contribution is 14.1. The molecular weight excluding hydrogens is 349 g/mol. The third-order valence-electron chi connectivity index (χ3n) is 1.78. The Morgan fingerprint density at radius 3 is 2.47 bits per heavy atom. The molecule has 0 aromatic heterocycles. The molecule has 0 unspecified atom stereocenters. The van der Waals surface area contributed by atoms with Gasteiger partial charge in [0.1, 0.15) is 5.97 Å². The van der Waals surface area contributed by atoms with Crippen molar-refractivity contribution in [3.63, 3.8) is 0 Å². The summed E-state index contributed by atoms with van der Waals surface area (Å²) in [6.45, 7) is -1.54. The van der Waals surface area contributed by atoms with Gasteiger partial charge in [-0.2, -0.15) is 8.78 Å². The molecule has 0 radical (unpaired) electrons. The van der Waals surface area contributed by atoms with Crippen LogP contribution in [0, 0.1) is 3.57 Å². The van der Waals surface area contributed by atoms with Crippen LogP contribution < -0.4 is 5.11 Å². The molecule has 0 bridgehead atoms. The largest absolute Gasteiger partial charge is 0.544 e. The molecule has 17 heavy (non-hydrogen) atoms. The van der Waals surface area contributed by atoms with Crippen LogP contribution in [0.1, 0.15) is 10.4 Å². The highest BCUT2D eigenvalue weighted by Crippen LogP contribution is 2.16. The zero-order chi connectivity index (χ0) is 13.1. The lowest BCUT2D eigenvalue weighted by atomic mass is 10.2. The minimum atomic E-state index is -4.18. The number of rotatable bonds is 4. The number of aliphatic carboxylic acids is 1. The molecule has 0 aliphatic rings. The molecule has 0 saturated carbocycles. The van der Waals surface area contributed by atoms with Gasteiger partial charge in [0.15, 0.2) is 6.61 Å². The van der Waals surface area contributed by atoms with Crippen molar-refractivity contribution >= 4 is 34.5 Å². The number of hydrogen-bond donors (Lipinski definition) is 0. The predicted molar refractivity (Wildman–Crippen MR) is 59.4 cm³/mol. The minimum absolute atomic E-state index is 0.0993. The third kappa shape index (κ3) is 3.62. The molecule has 0 fully saturated rings. The second-order valence-electron chi connectivity index (χ2n) is 3.05. The van der Waals surface area contributed by atoms with Gasteiger partial charge in [0.25, 0.3) is 0 Å². The lowest BCUT2D eigenvalue weighted by molar-refractivity contribution is -0.331. The van der Waals surface area contributed by atoms with Gasteiger partial charge in [-0.15, -0.1) is 0 Å². The molecule has 0 atom stereocenters. The van der Waals surface area contributed by atoms with Crippen LogP contribution in [-0.4, -0.2) is 24.5 Å². The summed E-state index contributed by atoms with van der Waals surface area (Å²) >= 11 is 1.83. The van der Waals surface area contributed by atoms with Crippen molar-refractivity contribution in [3.05, 3.63) is 33.4 Å². The summed E-state index contributed by atoms with van der Waals surface area (Å²) in [6, 6.07) is 6.18. The first-order chi connectivity index (χ1) is 7.84. The zero-order valence-electron chi connectivity index (χ0n) is 8.28. The smallest absolute Gasteiger partial charge is 0.339 e. The molecule has 0 amide bonds. The van der Waals surface area contributed by atoms with Gasteiger partial charge in [-0.1, -0.05) is 12.1 Å². The fourth-order valence-electron chi connectivity index (χ4n) is 0.920. The first-order valence-electron chi connectivity index (χ1n) is 4.35. The van der Waals surface area contributed by atoms with Crippen molar-refractivity contribution in [2.45, 2.75) is 5.92 Å². The van der Waals surface area contributed by atoms with Gasteiger partial charge < -0.3 is 14.6 Å². The fraction of sp³-hybridized carbons (Fsp3) is 0.200. The van der Waals surface area contributed by atoms with Crippen molar-refractivity contribution in [2.75, 3.05) is 6.61 Å². The molecule has 0 saturated heterocycles. The van der Waals surface area contributed by atoms with Crippen molar-refractivity contribution in [2.24, 2.45) is 0 Å². The number of alkyl halides is 2. The topological polar surface area (TPSA) is 66.4 Å². The molecule has 92 valence electrons. The van der Waals surface area contributed by atoms with E-state index in [0.29, 0.717) is 3.57 Å². The fourth-order valence-corrected chi connectivity index (χ4v) is 1.53. The number of carboxylic acids is 1. The zero-order valence-corrected chi connectivity index (χ0v) is 10.4. The van der Waals surface area contributed by atoms with Crippen molar-refractivity contribution in [1.82, 2.24) is 0 Å². The average molecular weight is 355 g/mol. The van der Waals surface area contributed by atoms with Crippen LogP contribution in [0.2, 0.25) is 0 Å². The van der Waals surface area contributed by atoms with Gasteiger partial charge in [0, 0.05) is 3.57 Å². The van der Waals surface area contributed by atoms with Crippen molar-refractivity contribution in [3.8, 4) is 0 Å². The number of hydrogen-bond acceptors (Lipinski definition) is 4. The summed E-state index contributed by atoms with van der Waals surface area (Å²) in [4.78, 5) is 21.3. The summed E-state index contributed by atoms with van der Waals surface area (Å²) in [7, 11) is 0. The Labute approximate surface area is 109 Å². The van der Waals surface area contributed by atoms with Crippen LogP contribution in [0.4, 0.5) is 8.78 Å².